The van der Waals surface area contributed by atoms with Crippen LogP contribution in [-0.2, 0) is 6.42 Å². The van der Waals surface area contributed by atoms with Gasteiger partial charge in [-0.2, -0.15) is 0 Å². The first-order valence-electron chi connectivity index (χ1n) is 6.76. The van der Waals surface area contributed by atoms with Crippen LogP contribution < -0.4 is 10.1 Å². The molecule has 1 unspecified atom stereocenters. The van der Waals surface area contributed by atoms with Gasteiger partial charge >= 0.3 is 0 Å². The zero-order chi connectivity index (χ0) is 13.5. The van der Waals surface area contributed by atoms with Gasteiger partial charge in [-0.3, -0.25) is 0 Å². The quantitative estimate of drug-likeness (QED) is 0.825. The molecule has 2 rings (SSSR count). The summed E-state index contributed by atoms with van der Waals surface area (Å²) in [6.07, 6.45) is 3.67. The van der Waals surface area contributed by atoms with Gasteiger partial charge < -0.3 is 14.5 Å². The Morgan fingerprint density at radius 3 is 2.58 bits per heavy atom. The molecule has 0 aliphatic rings. The van der Waals surface area contributed by atoms with Gasteiger partial charge in [0.15, 0.2) is 0 Å². The van der Waals surface area contributed by atoms with E-state index >= 15 is 0 Å². The van der Waals surface area contributed by atoms with Gasteiger partial charge in [0.25, 0.3) is 0 Å². The van der Waals surface area contributed by atoms with E-state index in [4.69, 9.17) is 9.15 Å². The Morgan fingerprint density at radius 2 is 2.00 bits per heavy atom. The first-order valence-corrected chi connectivity index (χ1v) is 6.76. The number of nitrogens with one attached hydrogen (secondary N) is 1. The predicted octanol–water partition coefficient (Wildman–Crippen LogP) is 3.57. The Balaban J connectivity index is 1.96. The van der Waals surface area contributed by atoms with E-state index in [-0.39, 0.29) is 0 Å². The van der Waals surface area contributed by atoms with Crippen molar-refractivity contribution >= 4 is 0 Å². The van der Waals surface area contributed by atoms with Crippen LogP contribution in [0.25, 0.3) is 0 Å². The minimum atomic E-state index is 0.334. The molecule has 3 heteroatoms. The molecule has 0 amide bonds. The second-order valence-corrected chi connectivity index (χ2v) is 4.46. The van der Waals surface area contributed by atoms with Crippen LogP contribution in [0.15, 0.2) is 47.1 Å². The van der Waals surface area contributed by atoms with Gasteiger partial charge in [-0.25, -0.2) is 0 Å². The van der Waals surface area contributed by atoms with E-state index in [1.54, 1.807) is 6.26 Å². The summed E-state index contributed by atoms with van der Waals surface area (Å²) in [6, 6.07) is 12.6. The maximum absolute atomic E-state index is 5.46. The molecule has 3 nitrogen and oxygen atoms in total. The topological polar surface area (TPSA) is 34.4 Å². The lowest BCUT2D eigenvalue weighted by Gasteiger charge is -2.16. The van der Waals surface area contributed by atoms with Crippen molar-refractivity contribution in [2.45, 2.75) is 25.8 Å². The summed E-state index contributed by atoms with van der Waals surface area (Å²) in [7, 11) is 1.99. The second kappa shape index (κ2) is 7.00. The Bertz CT molecular complexity index is 462. The van der Waals surface area contributed by atoms with Gasteiger partial charge in [-0.1, -0.05) is 12.1 Å². The molecule has 0 aliphatic carbocycles. The maximum Gasteiger partial charge on any atom is 0.119 e. The Labute approximate surface area is 114 Å². The largest absolute Gasteiger partial charge is 0.494 e. The molecular weight excluding hydrogens is 238 g/mol. The van der Waals surface area contributed by atoms with E-state index in [2.05, 4.69) is 17.4 Å². The molecular formula is C16H21NO2. The highest BCUT2D eigenvalue weighted by Crippen LogP contribution is 2.22. The van der Waals surface area contributed by atoms with Crippen molar-refractivity contribution in [3.63, 3.8) is 0 Å². The average Bonchev–Trinajstić information content (AvgIpc) is 2.95. The summed E-state index contributed by atoms with van der Waals surface area (Å²) in [5.41, 5.74) is 1.28. The fourth-order valence-corrected chi connectivity index (χ4v) is 2.18. The van der Waals surface area contributed by atoms with E-state index in [9.17, 15) is 0 Å². The van der Waals surface area contributed by atoms with Crippen LogP contribution in [0, 0.1) is 0 Å². The summed E-state index contributed by atoms with van der Waals surface area (Å²) in [4.78, 5) is 0. The summed E-state index contributed by atoms with van der Waals surface area (Å²) in [5, 5.41) is 3.35. The highest BCUT2D eigenvalue weighted by Gasteiger charge is 2.10. The van der Waals surface area contributed by atoms with Gasteiger partial charge in [0, 0.05) is 12.5 Å². The van der Waals surface area contributed by atoms with Crippen LogP contribution >= 0.6 is 0 Å². The van der Waals surface area contributed by atoms with Crippen LogP contribution in [0.2, 0.25) is 0 Å². The number of hydrogen-bond acceptors (Lipinski definition) is 3. The van der Waals surface area contributed by atoms with Crippen molar-refractivity contribution in [2.24, 2.45) is 0 Å². The normalized spacial score (nSPS) is 12.3. The summed E-state index contributed by atoms with van der Waals surface area (Å²) in [5.74, 6) is 1.96. The molecule has 0 fully saturated rings. The first-order chi connectivity index (χ1) is 9.33. The van der Waals surface area contributed by atoms with Crippen molar-refractivity contribution in [1.82, 2.24) is 5.32 Å². The predicted molar refractivity (Wildman–Crippen MR) is 76.4 cm³/mol. The van der Waals surface area contributed by atoms with Gasteiger partial charge in [0.1, 0.15) is 11.5 Å². The lowest BCUT2D eigenvalue weighted by Crippen LogP contribution is -2.17. The molecule has 0 bridgehead atoms. The van der Waals surface area contributed by atoms with Crippen LogP contribution in [0.4, 0.5) is 0 Å². The number of hydrogen-bond donors (Lipinski definition) is 1. The number of rotatable bonds is 7. The summed E-state index contributed by atoms with van der Waals surface area (Å²) in [6.45, 7) is 2.70. The Hall–Kier alpha value is -1.74. The smallest absolute Gasteiger partial charge is 0.119 e. The third kappa shape index (κ3) is 3.86. The van der Waals surface area contributed by atoms with Gasteiger partial charge in [-0.15, -0.1) is 0 Å². The third-order valence-electron chi connectivity index (χ3n) is 3.20. The van der Waals surface area contributed by atoms with Crippen molar-refractivity contribution < 1.29 is 9.15 Å². The Kier molecular flexibility index (Phi) is 5.04. The lowest BCUT2D eigenvalue weighted by atomic mass is 10.0. The van der Waals surface area contributed by atoms with Crippen molar-refractivity contribution in [3.05, 3.63) is 54.0 Å². The van der Waals surface area contributed by atoms with E-state index in [0.717, 1.165) is 24.4 Å². The number of benzene rings is 1. The summed E-state index contributed by atoms with van der Waals surface area (Å²) >= 11 is 0. The molecule has 1 atom stereocenters. The van der Waals surface area contributed by atoms with Crippen LogP contribution in [0.5, 0.6) is 5.75 Å². The monoisotopic (exact) mass is 259 g/mol. The van der Waals surface area contributed by atoms with Crippen LogP contribution in [-0.4, -0.2) is 13.7 Å². The van der Waals surface area contributed by atoms with E-state index in [1.165, 1.54) is 5.56 Å². The van der Waals surface area contributed by atoms with Crippen molar-refractivity contribution in [2.75, 3.05) is 13.7 Å². The highest BCUT2D eigenvalue weighted by atomic mass is 16.5. The fraction of sp³-hybridized carbons (Fsp3) is 0.375. The number of furan rings is 1. The molecule has 1 heterocycles. The Morgan fingerprint density at radius 1 is 1.21 bits per heavy atom. The van der Waals surface area contributed by atoms with Gasteiger partial charge in [-0.05, 0) is 50.2 Å². The molecule has 1 aromatic carbocycles. The minimum Gasteiger partial charge on any atom is -0.494 e. The van der Waals surface area contributed by atoms with E-state index in [1.807, 2.05) is 38.2 Å². The standard InChI is InChI=1S/C16H21NO2/c1-3-18-15-8-6-13(7-9-15)16(17-2)11-10-14-5-4-12-19-14/h4-9,12,16-17H,3,10-11H2,1-2H3. The van der Waals surface area contributed by atoms with Crippen molar-refractivity contribution in [1.29, 1.82) is 0 Å². The summed E-state index contributed by atoms with van der Waals surface area (Å²) < 4.78 is 10.8. The molecule has 1 N–H and O–H groups in total. The molecule has 0 aliphatic heterocycles. The third-order valence-corrected chi connectivity index (χ3v) is 3.20. The SMILES string of the molecule is CCOc1ccc(C(CCc2ccco2)NC)cc1. The molecule has 102 valence electrons. The zero-order valence-electron chi connectivity index (χ0n) is 11.6. The maximum atomic E-state index is 5.46. The van der Waals surface area contributed by atoms with Gasteiger partial charge in [0.2, 0.25) is 0 Å². The lowest BCUT2D eigenvalue weighted by molar-refractivity contribution is 0.340. The molecule has 0 saturated heterocycles. The van der Waals surface area contributed by atoms with Crippen LogP contribution in [0.1, 0.15) is 30.7 Å². The molecule has 0 radical (unpaired) electrons. The van der Waals surface area contributed by atoms with E-state index in [0.29, 0.717) is 12.6 Å². The number of aryl methyl sites for hydroxylation is 1. The second-order valence-electron chi connectivity index (χ2n) is 4.46. The molecule has 0 spiro atoms. The number of ether oxygens (including phenoxy) is 1. The van der Waals surface area contributed by atoms with Crippen molar-refractivity contribution in [3.8, 4) is 5.75 Å². The van der Waals surface area contributed by atoms with Crippen LogP contribution in [0.3, 0.4) is 0 Å². The molecule has 0 saturated carbocycles. The van der Waals surface area contributed by atoms with Gasteiger partial charge in [0.05, 0.1) is 12.9 Å². The zero-order valence-corrected chi connectivity index (χ0v) is 11.6. The highest BCUT2D eigenvalue weighted by molar-refractivity contribution is 5.29. The average molecular weight is 259 g/mol. The molecule has 1 aromatic heterocycles. The molecule has 2 aromatic rings. The minimum absolute atomic E-state index is 0.334. The fourth-order valence-electron chi connectivity index (χ4n) is 2.18. The molecule has 19 heavy (non-hydrogen) atoms. The van der Waals surface area contributed by atoms with E-state index < -0.39 is 0 Å². The first kappa shape index (κ1) is 13.7.